The molecular weight excluding hydrogens is 285 g/mol. The molecule has 20 heavy (non-hydrogen) atoms. The van der Waals surface area contributed by atoms with Crippen LogP contribution in [0.2, 0.25) is 0 Å². The molecule has 2 rings (SSSR count). The van der Waals surface area contributed by atoms with Gasteiger partial charge in [-0.1, -0.05) is 12.1 Å². The van der Waals surface area contributed by atoms with Crippen molar-refractivity contribution in [1.29, 1.82) is 5.26 Å². The third-order valence-electron chi connectivity index (χ3n) is 2.69. The summed E-state index contributed by atoms with van der Waals surface area (Å²) in [6, 6.07) is 8.93. The Morgan fingerprint density at radius 3 is 2.40 bits per heavy atom. The molecule has 0 amide bonds. The average Bonchev–Trinajstić information content (AvgIpc) is 2.86. The Balaban J connectivity index is 1.87. The minimum absolute atomic E-state index is 0.484. The summed E-state index contributed by atoms with van der Waals surface area (Å²) in [5.41, 5.74) is 0.773. The Kier molecular flexibility index (Phi) is 4.42. The van der Waals surface area contributed by atoms with Gasteiger partial charge >= 0.3 is 6.18 Å². The highest BCUT2D eigenvalue weighted by molar-refractivity contribution is 7.10. The van der Waals surface area contributed by atoms with Gasteiger partial charge in [0.25, 0.3) is 0 Å². The Bertz CT molecular complexity index is 609. The van der Waals surface area contributed by atoms with Crippen LogP contribution < -0.4 is 5.32 Å². The number of hydrogen-bond acceptors (Lipinski definition) is 3. The number of thiophene rings is 1. The number of nitriles is 1. The van der Waals surface area contributed by atoms with Gasteiger partial charge in [0.2, 0.25) is 0 Å². The molecule has 104 valence electrons. The van der Waals surface area contributed by atoms with Crippen molar-refractivity contribution in [2.75, 3.05) is 0 Å². The van der Waals surface area contributed by atoms with E-state index in [1.54, 1.807) is 11.4 Å². The summed E-state index contributed by atoms with van der Waals surface area (Å²) in [5, 5.41) is 13.6. The van der Waals surface area contributed by atoms with Crippen molar-refractivity contribution in [2.45, 2.75) is 19.3 Å². The second-order valence-corrected chi connectivity index (χ2v) is 5.21. The number of nitrogens with zero attached hydrogens (tertiary/aromatic N) is 1. The second-order valence-electron chi connectivity index (χ2n) is 4.21. The molecule has 0 saturated heterocycles. The zero-order valence-corrected chi connectivity index (χ0v) is 11.2. The fourth-order valence-electron chi connectivity index (χ4n) is 1.67. The van der Waals surface area contributed by atoms with Crippen molar-refractivity contribution >= 4 is 11.3 Å². The molecule has 1 N–H and O–H groups in total. The van der Waals surface area contributed by atoms with Crippen LogP contribution in [0.5, 0.6) is 0 Å². The highest BCUT2D eigenvalue weighted by atomic mass is 32.1. The molecule has 0 fully saturated rings. The maximum Gasteiger partial charge on any atom is 0.416 e. The maximum atomic E-state index is 12.4. The summed E-state index contributed by atoms with van der Waals surface area (Å²) in [7, 11) is 0. The van der Waals surface area contributed by atoms with Crippen LogP contribution in [-0.4, -0.2) is 0 Å². The van der Waals surface area contributed by atoms with Crippen LogP contribution in [-0.2, 0) is 19.3 Å². The van der Waals surface area contributed by atoms with Crippen molar-refractivity contribution in [3.63, 3.8) is 0 Å². The number of alkyl halides is 3. The molecule has 1 aromatic carbocycles. The van der Waals surface area contributed by atoms with Crippen LogP contribution in [0.25, 0.3) is 0 Å². The Morgan fingerprint density at radius 2 is 1.85 bits per heavy atom. The SMILES string of the molecule is N#Cc1csc(CNCc2ccc(C(F)(F)F)cc2)c1. The lowest BCUT2D eigenvalue weighted by molar-refractivity contribution is -0.137. The molecule has 0 radical (unpaired) electrons. The maximum absolute atomic E-state index is 12.4. The van der Waals surface area contributed by atoms with Gasteiger partial charge in [-0.05, 0) is 23.8 Å². The number of hydrogen-bond donors (Lipinski definition) is 1. The van der Waals surface area contributed by atoms with Gasteiger partial charge < -0.3 is 5.32 Å². The molecule has 6 heteroatoms. The van der Waals surface area contributed by atoms with E-state index in [1.807, 2.05) is 0 Å². The van der Waals surface area contributed by atoms with Crippen molar-refractivity contribution < 1.29 is 13.2 Å². The minimum Gasteiger partial charge on any atom is -0.308 e. The topological polar surface area (TPSA) is 35.8 Å². The first kappa shape index (κ1) is 14.6. The molecule has 0 aliphatic heterocycles. The zero-order valence-electron chi connectivity index (χ0n) is 10.4. The molecular formula is C14H11F3N2S. The van der Waals surface area contributed by atoms with Gasteiger partial charge in [0.1, 0.15) is 6.07 Å². The first-order chi connectivity index (χ1) is 9.49. The summed E-state index contributed by atoms with van der Waals surface area (Å²) in [6.07, 6.45) is -4.30. The largest absolute Gasteiger partial charge is 0.416 e. The van der Waals surface area contributed by atoms with Gasteiger partial charge in [0.15, 0.2) is 0 Å². The zero-order chi connectivity index (χ0) is 14.6. The Labute approximate surface area is 118 Å². The van der Waals surface area contributed by atoms with Gasteiger partial charge in [-0.15, -0.1) is 11.3 Å². The van der Waals surface area contributed by atoms with E-state index in [0.717, 1.165) is 22.6 Å². The summed E-state index contributed by atoms with van der Waals surface area (Å²) < 4.78 is 37.2. The van der Waals surface area contributed by atoms with Gasteiger partial charge in [-0.2, -0.15) is 18.4 Å². The molecule has 1 heterocycles. The number of benzene rings is 1. The van der Waals surface area contributed by atoms with E-state index in [2.05, 4.69) is 11.4 Å². The molecule has 0 unspecified atom stereocenters. The van der Waals surface area contributed by atoms with Crippen LogP contribution in [0.3, 0.4) is 0 Å². The highest BCUT2D eigenvalue weighted by Gasteiger charge is 2.29. The molecule has 0 aliphatic carbocycles. The standard InChI is InChI=1S/C14H11F3N2S/c15-14(16,17)12-3-1-10(2-4-12)7-19-8-13-5-11(6-18)9-20-13/h1-5,9,19H,7-8H2. The quantitative estimate of drug-likeness (QED) is 0.928. The summed E-state index contributed by atoms with van der Waals surface area (Å²) >= 11 is 1.48. The van der Waals surface area contributed by atoms with Crippen LogP contribution in [0, 0.1) is 11.3 Å². The van der Waals surface area contributed by atoms with Gasteiger partial charge in [-0.25, -0.2) is 0 Å². The summed E-state index contributed by atoms with van der Waals surface area (Å²) in [4.78, 5) is 1.02. The first-order valence-electron chi connectivity index (χ1n) is 5.83. The van der Waals surface area contributed by atoms with E-state index in [9.17, 15) is 13.2 Å². The van der Waals surface area contributed by atoms with Crippen LogP contribution in [0.1, 0.15) is 21.6 Å². The molecule has 0 bridgehead atoms. The Hall–Kier alpha value is -1.84. The van der Waals surface area contributed by atoms with Gasteiger partial charge in [-0.3, -0.25) is 0 Å². The average molecular weight is 296 g/mol. The van der Waals surface area contributed by atoms with Crippen LogP contribution in [0.4, 0.5) is 13.2 Å². The number of halogens is 3. The van der Waals surface area contributed by atoms with Crippen molar-refractivity contribution in [1.82, 2.24) is 5.32 Å². The highest BCUT2D eigenvalue weighted by Crippen LogP contribution is 2.29. The lowest BCUT2D eigenvalue weighted by Gasteiger charge is -2.08. The first-order valence-corrected chi connectivity index (χ1v) is 6.71. The van der Waals surface area contributed by atoms with Gasteiger partial charge in [0.05, 0.1) is 11.1 Å². The van der Waals surface area contributed by atoms with E-state index in [1.165, 1.54) is 23.5 Å². The molecule has 0 atom stereocenters. The molecule has 0 aliphatic rings. The Morgan fingerprint density at radius 1 is 1.15 bits per heavy atom. The fourth-order valence-corrected chi connectivity index (χ4v) is 2.45. The van der Waals surface area contributed by atoms with Crippen molar-refractivity contribution in [2.24, 2.45) is 0 Å². The van der Waals surface area contributed by atoms with E-state index in [-0.39, 0.29) is 0 Å². The number of nitrogens with one attached hydrogen (secondary N) is 1. The van der Waals surface area contributed by atoms with Gasteiger partial charge in [0, 0.05) is 23.3 Å². The molecule has 1 aromatic heterocycles. The molecule has 2 aromatic rings. The minimum atomic E-state index is -4.30. The smallest absolute Gasteiger partial charge is 0.308 e. The molecule has 0 saturated carbocycles. The lowest BCUT2D eigenvalue weighted by atomic mass is 10.1. The third-order valence-corrected chi connectivity index (χ3v) is 3.63. The predicted molar refractivity (Wildman–Crippen MR) is 71.0 cm³/mol. The van der Waals surface area contributed by atoms with E-state index in [4.69, 9.17) is 5.26 Å². The number of rotatable bonds is 4. The second kappa shape index (κ2) is 6.07. The van der Waals surface area contributed by atoms with Crippen LogP contribution >= 0.6 is 11.3 Å². The summed E-state index contributed by atoms with van der Waals surface area (Å²) in [6.45, 7) is 1.07. The van der Waals surface area contributed by atoms with E-state index in [0.29, 0.717) is 18.7 Å². The molecule has 0 spiro atoms. The van der Waals surface area contributed by atoms with Crippen molar-refractivity contribution in [3.8, 4) is 6.07 Å². The normalized spacial score (nSPS) is 11.3. The van der Waals surface area contributed by atoms with Crippen molar-refractivity contribution in [3.05, 3.63) is 57.3 Å². The molecule has 2 nitrogen and oxygen atoms in total. The fraction of sp³-hybridized carbons (Fsp3) is 0.214. The predicted octanol–water partition coefficient (Wildman–Crippen LogP) is 3.93. The van der Waals surface area contributed by atoms with E-state index < -0.39 is 11.7 Å². The van der Waals surface area contributed by atoms with E-state index >= 15 is 0 Å². The monoisotopic (exact) mass is 296 g/mol. The third kappa shape index (κ3) is 3.83. The summed E-state index contributed by atoms with van der Waals surface area (Å²) in [5.74, 6) is 0. The van der Waals surface area contributed by atoms with Crippen LogP contribution in [0.15, 0.2) is 35.7 Å². The lowest BCUT2D eigenvalue weighted by Crippen LogP contribution is -2.12.